The van der Waals surface area contributed by atoms with Crippen LogP contribution in [0.5, 0.6) is 0 Å². The van der Waals surface area contributed by atoms with Gasteiger partial charge in [-0.3, -0.25) is 9.59 Å². The van der Waals surface area contributed by atoms with Crippen LogP contribution in [0, 0.1) is 12.3 Å². The molecule has 1 aromatic rings. The van der Waals surface area contributed by atoms with Crippen molar-refractivity contribution in [1.29, 1.82) is 0 Å². The second kappa shape index (κ2) is 5.20. The van der Waals surface area contributed by atoms with Gasteiger partial charge in [-0.15, -0.1) is 0 Å². The number of aryl methyl sites for hydroxylation is 1. The van der Waals surface area contributed by atoms with E-state index in [1.54, 1.807) is 4.90 Å². The summed E-state index contributed by atoms with van der Waals surface area (Å²) in [6.07, 6.45) is 0. The summed E-state index contributed by atoms with van der Waals surface area (Å²) >= 11 is 3.41. The molecule has 5 heteroatoms. The largest absolute Gasteiger partial charge is 0.342 e. The number of hydrogen-bond donors (Lipinski definition) is 1. The Morgan fingerprint density at radius 2 is 1.95 bits per heavy atom. The second-order valence-corrected chi connectivity index (χ2v) is 7.14. The third-order valence-electron chi connectivity index (χ3n) is 3.45. The molecule has 20 heavy (non-hydrogen) atoms. The summed E-state index contributed by atoms with van der Waals surface area (Å²) in [6, 6.07) is 5.24. The average Bonchev–Trinajstić information content (AvgIpc) is 2.33. The number of amides is 2. The van der Waals surface area contributed by atoms with Crippen LogP contribution >= 0.6 is 15.9 Å². The molecule has 2 rings (SSSR count). The molecule has 1 N–H and O–H groups in total. The van der Waals surface area contributed by atoms with Gasteiger partial charge in [0.1, 0.15) is 12.6 Å². The highest BCUT2D eigenvalue weighted by Gasteiger charge is 2.40. The second-order valence-electron chi connectivity index (χ2n) is 6.22. The lowest BCUT2D eigenvalue weighted by Gasteiger charge is -2.39. The number of hydrogen-bond acceptors (Lipinski definition) is 2. The lowest BCUT2D eigenvalue weighted by molar-refractivity contribution is -0.133. The highest BCUT2D eigenvalue weighted by atomic mass is 79.9. The molecule has 1 heterocycles. The van der Waals surface area contributed by atoms with Crippen molar-refractivity contribution in [1.82, 2.24) is 5.32 Å². The van der Waals surface area contributed by atoms with Crippen LogP contribution in [0.2, 0.25) is 0 Å². The first-order chi connectivity index (χ1) is 9.20. The minimum atomic E-state index is -0.498. The molecule has 0 aromatic heterocycles. The van der Waals surface area contributed by atoms with E-state index in [0.717, 1.165) is 15.7 Å². The molecule has 1 aromatic carbocycles. The topological polar surface area (TPSA) is 49.4 Å². The molecule has 1 aliphatic rings. The molecule has 108 valence electrons. The molecule has 1 unspecified atom stereocenters. The Morgan fingerprint density at radius 3 is 2.55 bits per heavy atom. The Hall–Kier alpha value is -1.36. The van der Waals surface area contributed by atoms with Gasteiger partial charge >= 0.3 is 0 Å². The van der Waals surface area contributed by atoms with E-state index in [2.05, 4.69) is 21.2 Å². The van der Waals surface area contributed by atoms with Crippen LogP contribution in [0.1, 0.15) is 26.3 Å². The fourth-order valence-electron chi connectivity index (χ4n) is 2.31. The van der Waals surface area contributed by atoms with Gasteiger partial charge in [0.25, 0.3) is 5.91 Å². The Bertz CT molecular complexity index is 563. The standard InChI is InChI=1S/C15H19BrN2O2/c1-9-5-6-10(16)7-11(9)18-8-12(19)17-13(14(18)20)15(2,3)4/h5-7,13H,8H2,1-4H3,(H,17,19). The third kappa shape index (κ3) is 2.87. The SMILES string of the molecule is Cc1ccc(Br)cc1N1CC(=O)NC(C(C)(C)C)C1=O. The van der Waals surface area contributed by atoms with Gasteiger partial charge in [-0.1, -0.05) is 42.8 Å². The quantitative estimate of drug-likeness (QED) is 0.855. The summed E-state index contributed by atoms with van der Waals surface area (Å²) in [5.41, 5.74) is 1.45. The van der Waals surface area contributed by atoms with Gasteiger partial charge in [0, 0.05) is 10.2 Å². The molecule has 1 saturated heterocycles. The summed E-state index contributed by atoms with van der Waals surface area (Å²) in [6.45, 7) is 7.86. The number of rotatable bonds is 1. The number of carbonyl (C=O) groups is 2. The highest BCUT2D eigenvalue weighted by molar-refractivity contribution is 9.10. The van der Waals surface area contributed by atoms with Gasteiger partial charge in [-0.2, -0.15) is 0 Å². The van der Waals surface area contributed by atoms with E-state index in [-0.39, 0.29) is 23.8 Å². The lowest BCUT2D eigenvalue weighted by atomic mass is 9.84. The van der Waals surface area contributed by atoms with Gasteiger partial charge in [-0.05, 0) is 30.0 Å². The van der Waals surface area contributed by atoms with E-state index < -0.39 is 6.04 Å². The van der Waals surface area contributed by atoms with Crippen molar-refractivity contribution in [3.05, 3.63) is 28.2 Å². The Labute approximate surface area is 127 Å². The number of benzene rings is 1. The average molecular weight is 339 g/mol. The molecule has 0 aliphatic carbocycles. The highest BCUT2D eigenvalue weighted by Crippen LogP contribution is 2.29. The third-order valence-corrected chi connectivity index (χ3v) is 3.94. The van der Waals surface area contributed by atoms with Crippen LogP contribution < -0.4 is 10.2 Å². The first kappa shape index (κ1) is 15.0. The lowest BCUT2D eigenvalue weighted by Crippen LogP contribution is -2.62. The van der Waals surface area contributed by atoms with E-state index in [4.69, 9.17) is 0 Å². The molecular weight excluding hydrogens is 320 g/mol. The van der Waals surface area contributed by atoms with Gasteiger partial charge in [0.05, 0.1) is 0 Å². The summed E-state index contributed by atoms with van der Waals surface area (Å²) in [5.74, 6) is -0.179. The summed E-state index contributed by atoms with van der Waals surface area (Å²) in [5, 5.41) is 2.80. The van der Waals surface area contributed by atoms with E-state index in [9.17, 15) is 9.59 Å². The van der Waals surface area contributed by atoms with Crippen LogP contribution in [-0.4, -0.2) is 24.4 Å². The number of halogens is 1. The van der Waals surface area contributed by atoms with Crippen LogP contribution in [0.4, 0.5) is 5.69 Å². The molecule has 0 bridgehead atoms. The first-order valence-corrected chi connectivity index (χ1v) is 7.36. The number of carbonyl (C=O) groups excluding carboxylic acids is 2. The van der Waals surface area contributed by atoms with E-state index in [0.29, 0.717) is 0 Å². The molecule has 1 atom stereocenters. The van der Waals surface area contributed by atoms with Crippen LogP contribution in [-0.2, 0) is 9.59 Å². The van der Waals surface area contributed by atoms with Crippen molar-refractivity contribution < 1.29 is 9.59 Å². The summed E-state index contributed by atoms with van der Waals surface area (Å²) in [4.78, 5) is 26.2. The van der Waals surface area contributed by atoms with E-state index in [1.165, 1.54) is 0 Å². The maximum absolute atomic E-state index is 12.7. The van der Waals surface area contributed by atoms with Crippen molar-refractivity contribution in [2.75, 3.05) is 11.4 Å². The predicted molar refractivity (Wildman–Crippen MR) is 82.6 cm³/mol. The van der Waals surface area contributed by atoms with Crippen molar-refractivity contribution >= 4 is 33.4 Å². The van der Waals surface area contributed by atoms with Gasteiger partial charge in [-0.25, -0.2) is 0 Å². The molecule has 1 fully saturated rings. The molecule has 2 amide bonds. The zero-order valence-corrected chi connectivity index (χ0v) is 13.7. The van der Waals surface area contributed by atoms with Gasteiger partial charge < -0.3 is 10.2 Å². The monoisotopic (exact) mass is 338 g/mol. The molecule has 0 saturated carbocycles. The minimum Gasteiger partial charge on any atom is -0.342 e. The zero-order valence-electron chi connectivity index (χ0n) is 12.2. The Kier molecular flexibility index (Phi) is 3.91. The van der Waals surface area contributed by atoms with Crippen molar-refractivity contribution in [2.45, 2.75) is 33.7 Å². The Balaban J connectivity index is 2.43. The number of anilines is 1. The van der Waals surface area contributed by atoms with E-state index in [1.807, 2.05) is 45.9 Å². The normalized spacial score (nSPS) is 20.1. The Morgan fingerprint density at radius 1 is 1.30 bits per heavy atom. The van der Waals surface area contributed by atoms with Gasteiger partial charge in [0.15, 0.2) is 0 Å². The fourth-order valence-corrected chi connectivity index (χ4v) is 2.66. The molecule has 0 spiro atoms. The van der Waals surface area contributed by atoms with Crippen molar-refractivity contribution in [3.8, 4) is 0 Å². The van der Waals surface area contributed by atoms with Crippen molar-refractivity contribution in [3.63, 3.8) is 0 Å². The molecule has 4 nitrogen and oxygen atoms in total. The fraction of sp³-hybridized carbons (Fsp3) is 0.467. The smallest absolute Gasteiger partial charge is 0.250 e. The molecule has 0 radical (unpaired) electrons. The molecular formula is C15H19BrN2O2. The van der Waals surface area contributed by atoms with Crippen LogP contribution in [0.3, 0.4) is 0 Å². The maximum Gasteiger partial charge on any atom is 0.250 e. The molecule has 1 aliphatic heterocycles. The van der Waals surface area contributed by atoms with Gasteiger partial charge in [0.2, 0.25) is 5.91 Å². The maximum atomic E-state index is 12.7. The first-order valence-electron chi connectivity index (χ1n) is 6.57. The summed E-state index contributed by atoms with van der Waals surface area (Å²) < 4.78 is 0.893. The zero-order chi connectivity index (χ0) is 15.1. The predicted octanol–water partition coefficient (Wildman–Crippen LogP) is 2.64. The number of piperazine rings is 1. The number of nitrogens with zero attached hydrogens (tertiary/aromatic N) is 1. The minimum absolute atomic E-state index is 0.0571. The number of nitrogens with one attached hydrogen (secondary N) is 1. The van der Waals surface area contributed by atoms with Crippen molar-refractivity contribution in [2.24, 2.45) is 5.41 Å². The van der Waals surface area contributed by atoms with Crippen LogP contribution in [0.25, 0.3) is 0 Å². The summed E-state index contributed by atoms with van der Waals surface area (Å²) in [7, 11) is 0. The van der Waals surface area contributed by atoms with E-state index >= 15 is 0 Å². The van der Waals surface area contributed by atoms with Crippen LogP contribution in [0.15, 0.2) is 22.7 Å².